The number of rotatable bonds is 6. The van der Waals surface area contributed by atoms with Gasteiger partial charge in [-0.25, -0.2) is 0 Å². The molecule has 0 aliphatic heterocycles. The molecule has 0 atom stereocenters. The minimum atomic E-state index is -0.398. The van der Waals surface area contributed by atoms with Crippen molar-refractivity contribution >= 4 is 40.5 Å². The van der Waals surface area contributed by atoms with Crippen molar-refractivity contribution in [1.29, 1.82) is 0 Å². The van der Waals surface area contributed by atoms with Gasteiger partial charge in [0.05, 0.1) is 11.3 Å². The highest BCUT2D eigenvalue weighted by Crippen LogP contribution is 2.19. The van der Waals surface area contributed by atoms with Crippen molar-refractivity contribution in [2.45, 2.75) is 13.8 Å². The lowest BCUT2D eigenvalue weighted by molar-refractivity contribution is -0.121. The molecule has 0 aliphatic rings. The highest BCUT2D eigenvalue weighted by Gasteiger charge is 2.13. The Morgan fingerprint density at radius 3 is 2.39 bits per heavy atom. The summed E-state index contributed by atoms with van der Waals surface area (Å²) >= 11 is 5.24. The Balaban J connectivity index is 1.58. The van der Waals surface area contributed by atoms with Crippen LogP contribution in [0, 0.1) is 13.8 Å². The van der Waals surface area contributed by atoms with Gasteiger partial charge in [0.25, 0.3) is 11.8 Å². The van der Waals surface area contributed by atoms with Crippen LogP contribution in [0.4, 0.5) is 11.4 Å². The fourth-order valence-corrected chi connectivity index (χ4v) is 3.06. The smallest absolute Gasteiger partial charge is 0.264 e. The number of carbonyl (C=O) groups is 2. The van der Waals surface area contributed by atoms with Crippen LogP contribution in [-0.4, -0.2) is 23.5 Å². The van der Waals surface area contributed by atoms with Crippen LogP contribution in [0.25, 0.3) is 0 Å². The first-order valence-corrected chi connectivity index (χ1v) is 10.1. The molecular formula is C24H23N3O3S. The molecule has 0 heterocycles. The number of nitrogens with one attached hydrogen (secondary N) is 3. The number of thiocarbonyl (C=S) groups is 1. The van der Waals surface area contributed by atoms with Crippen molar-refractivity contribution < 1.29 is 14.3 Å². The molecule has 0 aromatic heterocycles. The summed E-state index contributed by atoms with van der Waals surface area (Å²) in [5, 5.41) is 8.39. The minimum Gasteiger partial charge on any atom is -0.483 e. The van der Waals surface area contributed by atoms with Gasteiger partial charge in [0.15, 0.2) is 11.7 Å². The average molecular weight is 434 g/mol. The Morgan fingerprint density at radius 1 is 0.903 bits per heavy atom. The predicted octanol–water partition coefficient (Wildman–Crippen LogP) is 4.45. The number of carbonyl (C=O) groups excluding carboxylic acids is 2. The standard InChI is InChI=1S/C24H23N3O3S/c1-16-12-13-17(2)21(14-16)30-15-22(28)27-24(31)26-20-11-7-6-10-19(20)23(29)25-18-8-4-3-5-9-18/h3-14H,15H2,1-2H3,(H,25,29)(H2,26,27,28,31). The second-order valence-electron chi connectivity index (χ2n) is 6.93. The third-order valence-electron chi connectivity index (χ3n) is 4.41. The third kappa shape index (κ3) is 6.38. The van der Waals surface area contributed by atoms with Crippen molar-refractivity contribution in [3.05, 3.63) is 89.5 Å². The highest BCUT2D eigenvalue weighted by atomic mass is 32.1. The number of hydrogen-bond acceptors (Lipinski definition) is 4. The average Bonchev–Trinajstić information content (AvgIpc) is 2.75. The molecule has 3 N–H and O–H groups in total. The van der Waals surface area contributed by atoms with E-state index in [0.29, 0.717) is 22.7 Å². The van der Waals surface area contributed by atoms with Crippen LogP contribution in [0.15, 0.2) is 72.8 Å². The van der Waals surface area contributed by atoms with E-state index in [2.05, 4.69) is 16.0 Å². The van der Waals surface area contributed by atoms with Crippen LogP contribution in [-0.2, 0) is 4.79 Å². The van der Waals surface area contributed by atoms with Gasteiger partial charge in [-0.15, -0.1) is 0 Å². The van der Waals surface area contributed by atoms with Gasteiger partial charge in [0, 0.05) is 5.69 Å². The first-order chi connectivity index (χ1) is 14.9. The summed E-state index contributed by atoms with van der Waals surface area (Å²) in [6.07, 6.45) is 0. The zero-order chi connectivity index (χ0) is 22.2. The van der Waals surface area contributed by atoms with Gasteiger partial charge in [0.1, 0.15) is 5.75 Å². The summed E-state index contributed by atoms with van der Waals surface area (Å²) in [6.45, 7) is 3.69. The summed E-state index contributed by atoms with van der Waals surface area (Å²) in [7, 11) is 0. The molecule has 0 radical (unpaired) electrons. The molecule has 31 heavy (non-hydrogen) atoms. The fraction of sp³-hybridized carbons (Fsp3) is 0.125. The van der Waals surface area contributed by atoms with Crippen molar-refractivity contribution in [3.8, 4) is 5.75 Å². The molecule has 0 saturated carbocycles. The van der Waals surface area contributed by atoms with Crippen molar-refractivity contribution in [2.75, 3.05) is 17.2 Å². The number of anilines is 2. The molecule has 3 aromatic carbocycles. The summed E-state index contributed by atoms with van der Waals surface area (Å²) in [4.78, 5) is 24.9. The first kappa shape index (κ1) is 22.0. The molecule has 3 aromatic rings. The highest BCUT2D eigenvalue weighted by molar-refractivity contribution is 7.80. The van der Waals surface area contributed by atoms with Crippen molar-refractivity contribution in [3.63, 3.8) is 0 Å². The van der Waals surface area contributed by atoms with Crippen molar-refractivity contribution in [2.24, 2.45) is 0 Å². The van der Waals surface area contributed by atoms with E-state index in [-0.39, 0.29) is 17.6 Å². The Labute approximate surface area is 186 Å². The lowest BCUT2D eigenvalue weighted by atomic mass is 10.1. The maximum atomic E-state index is 12.7. The number of amides is 2. The van der Waals surface area contributed by atoms with Gasteiger partial charge < -0.3 is 15.4 Å². The summed E-state index contributed by atoms with van der Waals surface area (Å²) < 4.78 is 5.60. The van der Waals surface area contributed by atoms with Gasteiger partial charge in [-0.2, -0.15) is 0 Å². The van der Waals surface area contributed by atoms with Crippen molar-refractivity contribution in [1.82, 2.24) is 5.32 Å². The SMILES string of the molecule is Cc1ccc(C)c(OCC(=O)NC(=S)Nc2ccccc2C(=O)Nc2ccccc2)c1. The Bertz CT molecular complexity index is 1100. The molecule has 0 unspecified atom stereocenters. The molecule has 3 rings (SSSR count). The van der Waals surface area contributed by atoms with E-state index in [0.717, 1.165) is 11.1 Å². The van der Waals surface area contributed by atoms with E-state index in [9.17, 15) is 9.59 Å². The van der Waals surface area contributed by atoms with E-state index in [4.69, 9.17) is 17.0 Å². The Kier molecular flexibility index (Phi) is 7.35. The fourth-order valence-electron chi connectivity index (χ4n) is 2.83. The third-order valence-corrected chi connectivity index (χ3v) is 4.61. The lowest BCUT2D eigenvalue weighted by Crippen LogP contribution is -2.37. The molecule has 158 valence electrons. The summed E-state index contributed by atoms with van der Waals surface area (Å²) in [6, 6.07) is 21.9. The van der Waals surface area contributed by atoms with E-state index >= 15 is 0 Å². The zero-order valence-electron chi connectivity index (χ0n) is 17.3. The Hall–Kier alpha value is -3.71. The van der Waals surface area contributed by atoms with E-state index < -0.39 is 5.91 Å². The second-order valence-corrected chi connectivity index (χ2v) is 7.33. The summed E-state index contributed by atoms with van der Waals surface area (Å²) in [5.41, 5.74) is 3.55. The molecule has 2 amide bonds. The monoisotopic (exact) mass is 433 g/mol. The number of aryl methyl sites for hydroxylation is 2. The van der Waals surface area contributed by atoms with Gasteiger partial charge in [0.2, 0.25) is 0 Å². The predicted molar refractivity (Wildman–Crippen MR) is 127 cm³/mol. The van der Waals surface area contributed by atoms with Gasteiger partial charge in [-0.05, 0) is 67.5 Å². The van der Waals surface area contributed by atoms with E-state index in [1.807, 2.05) is 50.2 Å². The number of benzene rings is 3. The largest absolute Gasteiger partial charge is 0.483 e. The minimum absolute atomic E-state index is 0.0783. The van der Waals surface area contributed by atoms with Crippen LogP contribution in [0.5, 0.6) is 5.75 Å². The molecule has 0 spiro atoms. The number of para-hydroxylation sites is 2. The molecule has 0 aliphatic carbocycles. The van der Waals surface area contributed by atoms with E-state index in [1.54, 1.807) is 36.4 Å². The maximum absolute atomic E-state index is 12.7. The number of hydrogen-bond donors (Lipinski definition) is 3. The van der Waals surface area contributed by atoms with Gasteiger partial charge in [-0.1, -0.05) is 42.5 Å². The first-order valence-electron chi connectivity index (χ1n) is 9.68. The molecule has 6 nitrogen and oxygen atoms in total. The molecule has 0 bridgehead atoms. The van der Waals surface area contributed by atoms with Gasteiger partial charge >= 0.3 is 0 Å². The lowest BCUT2D eigenvalue weighted by Gasteiger charge is -2.14. The Morgan fingerprint density at radius 2 is 1.61 bits per heavy atom. The molecule has 0 fully saturated rings. The normalized spacial score (nSPS) is 10.1. The number of ether oxygens (including phenoxy) is 1. The topological polar surface area (TPSA) is 79.5 Å². The molecule has 0 saturated heterocycles. The summed E-state index contributed by atoms with van der Waals surface area (Å²) in [5.74, 6) is -0.0386. The second kappa shape index (κ2) is 10.4. The van der Waals surface area contributed by atoms with E-state index in [1.165, 1.54) is 0 Å². The molecule has 7 heteroatoms. The van der Waals surface area contributed by atoms with Gasteiger partial charge in [-0.3, -0.25) is 14.9 Å². The van der Waals surface area contributed by atoms with Crippen LogP contribution in [0.2, 0.25) is 0 Å². The molecular weight excluding hydrogens is 410 g/mol. The zero-order valence-corrected chi connectivity index (χ0v) is 18.1. The van der Waals surface area contributed by atoms with Crippen LogP contribution < -0.4 is 20.7 Å². The van der Waals surface area contributed by atoms with Crippen LogP contribution >= 0.6 is 12.2 Å². The van der Waals surface area contributed by atoms with Crippen LogP contribution in [0.1, 0.15) is 21.5 Å². The quantitative estimate of drug-likeness (QED) is 0.501. The maximum Gasteiger partial charge on any atom is 0.264 e. The van der Waals surface area contributed by atoms with Crippen LogP contribution in [0.3, 0.4) is 0 Å².